The average molecular weight is 481 g/mol. The van der Waals surface area contributed by atoms with Gasteiger partial charge >= 0.3 is 0 Å². The molecule has 4 rings (SSSR count). The Morgan fingerprint density at radius 2 is 1.78 bits per heavy atom. The van der Waals surface area contributed by atoms with Gasteiger partial charge in [0.15, 0.2) is 11.0 Å². The summed E-state index contributed by atoms with van der Waals surface area (Å²) < 4.78 is 2.00. The molecule has 0 saturated heterocycles. The number of nitrogens with zero attached hydrogens (tertiary/aromatic N) is 3. The third kappa shape index (κ3) is 5.54. The van der Waals surface area contributed by atoms with Gasteiger partial charge in [-0.05, 0) is 42.2 Å². The van der Waals surface area contributed by atoms with E-state index in [0.717, 1.165) is 21.7 Å². The van der Waals surface area contributed by atoms with Gasteiger partial charge in [0.2, 0.25) is 5.91 Å². The van der Waals surface area contributed by atoms with E-state index in [2.05, 4.69) is 27.6 Å². The smallest absolute Gasteiger partial charge is 0.234 e. The maximum absolute atomic E-state index is 12.6. The molecule has 4 aromatic rings. The highest BCUT2D eigenvalue weighted by atomic mass is 35.5. The van der Waals surface area contributed by atoms with E-state index in [4.69, 9.17) is 11.6 Å². The molecule has 0 radical (unpaired) electrons. The zero-order chi connectivity index (χ0) is 22.3. The van der Waals surface area contributed by atoms with Crippen molar-refractivity contribution in [2.75, 3.05) is 17.3 Å². The molecule has 0 aliphatic rings. The lowest BCUT2D eigenvalue weighted by Gasteiger charge is -2.11. The summed E-state index contributed by atoms with van der Waals surface area (Å²) in [6.45, 7) is 0.577. The molecule has 32 heavy (non-hydrogen) atoms. The van der Waals surface area contributed by atoms with E-state index in [-0.39, 0.29) is 11.7 Å². The van der Waals surface area contributed by atoms with Gasteiger partial charge in [0, 0.05) is 16.1 Å². The molecular formula is C24H21ClN4OS2. The lowest BCUT2D eigenvalue weighted by molar-refractivity contribution is -0.113. The van der Waals surface area contributed by atoms with Crippen LogP contribution >= 0.6 is 35.1 Å². The number of nitrogens with one attached hydrogen (secondary N) is 1. The van der Waals surface area contributed by atoms with Crippen molar-refractivity contribution in [1.29, 1.82) is 0 Å². The first-order chi connectivity index (χ1) is 15.6. The zero-order valence-corrected chi connectivity index (χ0v) is 19.8. The molecule has 0 spiro atoms. The van der Waals surface area contributed by atoms with Gasteiger partial charge in [-0.15, -0.1) is 22.0 Å². The van der Waals surface area contributed by atoms with Crippen LogP contribution in [-0.2, 0) is 11.3 Å². The molecule has 1 heterocycles. The van der Waals surface area contributed by atoms with Crippen LogP contribution in [0.3, 0.4) is 0 Å². The number of aromatic nitrogens is 3. The SMILES string of the molecule is CSc1cccc(NC(=O)CSc2nnc(-c3ccccc3Cl)n2Cc2ccccc2)c1. The fourth-order valence-corrected chi connectivity index (χ4v) is 4.59. The maximum Gasteiger partial charge on any atom is 0.234 e. The molecule has 0 unspecified atom stereocenters. The first-order valence-electron chi connectivity index (χ1n) is 9.93. The molecule has 0 bridgehead atoms. The average Bonchev–Trinajstić information content (AvgIpc) is 3.21. The third-order valence-corrected chi connectivity index (χ3v) is 6.72. The van der Waals surface area contributed by atoms with Crippen LogP contribution in [0.5, 0.6) is 0 Å². The summed E-state index contributed by atoms with van der Waals surface area (Å²) in [4.78, 5) is 13.7. The first-order valence-corrected chi connectivity index (χ1v) is 12.5. The lowest BCUT2D eigenvalue weighted by Crippen LogP contribution is -2.15. The van der Waals surface area contributed by atoms with E-state index in [1.54, 1.807) is 11.8 Å². The predicted octanol–water partition coefficient (Wildman–Crippen LogP) is 6.10. The fourth-order valence-electron chi connectivity index (χ4n) is 3.17. The number of rotatable bonds is 8. The van der Waals surface area contributed by atoms with Gasteiger partial charge in [0.1, 0.15) is 0 Å². The van der Waals surface area contributed by atoms with Gasteiger partial charge in [-0.2, -0.15) is 0 Å². The summed E-state index contributed by atoms with van der Waals surface area (Å²) in [5.41, 5.74) is 2.70. The number of amides is 1. The Morgan fingerprint density at radius 3 is 2.56 bits per heavy atom. The number of thioether (sulfide) groups is 2. The van der Waals surface area contributed by atoms with Crippen LogP contribution in [-0.4, -0.2) is 32.7 Å². The van der Waals surface area contributed by atoms with Crippen LogP contribution in [0.15, 0.2) is 88.9 Å². The van der Waals surface area contributed by atoms with Crippen molar-refractivity contribution in [2.24, 2.45) is 0 Å². The molecule has 0 saturated carbocycles. The standard InChI is InChI=1S/C24H21ClN4OS2/c1-31-19-11-7-10-18(14-19)26-22(30)16-32-24-28-27-23(20-12-5-6-13-21(20)25)29(24)15-17-8-3-2-4-9-17/h2-14H,15-16H2,1H3,(H,26,30). The number of halogens is 1. The molecule has 8 heteroatoms. The Balaban J connectivity index is 1.55. The summed E-state index contributed by atoms with van der Waals surface area (Å²) in [5.74, 6) is 0.802. The Morgan fingerprint density at radius 1 is 1.00 bits per heavy atom. The number of hydrogen-bond acceptors (Lipinski definition) is 5. The van der Waals surface area contributed by atoms with Gasteiger partial charge in [-0.25, -0.2) is 0 Å². The minimum Gasteiger partial charge on any atom is -0.325 e. The van der Waals surface area contributed by atoms with Gasteiger partial charge in [-0.3, -0.25) is 9.36 Å². The highest BCUT2D eigenvalue weighted by molar-refractivity contribution is 7.99. The van der Waals surface area contributed by atoms with Gasteiger partial charge in [-0.1, -0.05) is 71.9 Å². The van der Waals surface area contributed by atoms with E-state index in [0.29, 0.717) is 22.5 Å². The Kier molecular flexibility index (Phi) is 7.52. The van der Waals surface area contributed by atoms with Crippen molar-refractivity contribution in [3.63, 3.8) is 0 Å². The maximum atomic E-state index is 12.6. The van der Waals surface area contributed by atoms with Crippen LogP contribution in [0, 0.1) is 0 Å². The first kappa shape index (κ1) is 22.5. The third-order valence-electron chi connectivity index (χ3n) is 4.70. The molecule has 0 aliphatic heterocycles. The van der Waals surface area contributed by atoms with Crippen LogP contribution < -0.4 is 5.32 Å². The minimum atomic E-state index is -0.0955. The highest BCUT2D eigenvalue weighted by Gasteiger charge is 2.18. The van der Waals surface area contributed by atoms with Crippen LogP contribution in [0.2, 0.25) is 5.02 Å². The second kappa shape index (κ2) is 10.7. The van der Waals surface area contributed by atoms with Crippen molar-refractivity contribution >= 4 is 46.7 Å². The van der Waals surface area contributed by atoms with E-state index in [1.165, 1.54) is 11.8 Å². The largest absolute Gasteiger partial charge is 0.325 e. The zero-order valence-electron chi connectivity index (χ0n) is 17.4. The van der Waals surface area contributed by atoms with Crippen LogP contribution in [0.25, 0.3) is 11.4 Å². The van der Waals surface area contributed by atoms with Gasteiger partial charge < -0.3 is 5.32 Å². The summed E-state index contributed by atoms with van der Waals surface area (Å²) in [5, 5.41) is 13.0. The molecule has 3 aromatic carbocycles. The molecule has 1 aromatic heterocycles. The molecule has 162 valence electrons. The number of hydrogen-bond donors (Lipinski definition) is 1. The van der Waals surface area contributed by atoms with Crippen molar-refractivity contribution in [3.8, 4) is 11.4 Å². The van der Waals surface area contributed by atoms with E-state index in [9.17, 15) is 4.79 Å². The number of carbonyl (C=O) groups excluding carboxylic acids is 1. The van der Waals surface area contributed by atoms with E-state index in [1.807, 2.05) is 77.6 Å². The summed E-state index contributed by atoms with van der Waals surface area (Å²) in [7, 11) is 0. The molecule has 0 aliphatic carbocycles. The van der Waals surface area contributed by atoms with Crippen molar-refractivity contribution in [3.05, 3.63) is 89.4 Å². The summed E-state index contributed by atoms with van der Waals surface area (Å²) in [6.07, 6.45) is 2.01. The van der Waals surface area contributed by atoms with Crippen molar-refractivity contribution < 1.29 is 4.79 Å². The van der Waals surface area contributed by atoms with E-state index >= 15 is 0 Å². The predicted molar refractivity (Wildman–Crippen MR) is 134 cm³/mol. The summed E-state index contributed by atoms with van der Waals surface area (Å²) in [6, 6.07) is 25.4. The van der Waals surface area contributed by atoms with Crippen molar-refractivity contribution in [1.82, 2.24) is 14.8 Å². The second-order valence-corrected chi connectivity index (χ2v) is 9.16. The van der Waals surface area contributed by atoms with Gasteiger partial charge in [0.25, 0.3) is 0 Å². The summed E-state index contributed by atoms with van der Waals surface area (Å²) >= 11 is 9.42. The Labute approximate surface area is 200 Å². The number of benzene rings is 3. The molecule has 1 amide bonds. The normalized spacial score (nSPS) is 10.8. The minimum absolute atomic E-state index is 0.0955. The fraction of sp³-hybridized carbons (Fsp3) is 0.125. The van der Waals surface area contributed by atoms with E-state index < -0.39 is 0 Å². The topological polar surface area (TPSA) is 59.8 Å². The second-order valence-electron chi connectivity index (χ2n) is 6.93. The molecular weight excluding hydrogens is 460 g/mol. The van der Waals surface area contributed by atoms with Crippen molar-refractivity contribution in [2.45, 2.75) is 16.6 Å². The number of carbonyl (C=O) groups is 1. The number of anilines is 1. The molecule has 1 N–H and O–H groups in total. The molecule has 0 atom stereocenters. The van der Waals surface area contributed by atoms with Crippen LogP contribution in [0.4, 0.5) is 5.69 Å². The Hall–Kier alpha value is -2.74. The lowest BCUT2D eigenvalue weighted by atomic mass is 10.2. The molecule has 0 fully saturated rings. The monoisotopic (exact) mass is 480 g/mol. The molecule has 5 nitrogen and oxygen atoms in total. The Bertz CT molecular complexity index is 1210. The quantitative estimate of drug-likeness (QED) is 0.309. The van der Waals surface area contributed by atoms with Crippen LogP contribution in [0.1, 0.15) is 5.56 Å². The van der Waals surface area contributed by atoms with Gasteiger partial charge in [0.05, 0.1) is 17.3 Å². The highest BCUT2D eigenvalue weighted by Crippen LogP contribution is 2.30.